The molecule has 2 aliphatic rings. The van der Waals surface area contributed by atoms with Crippen molar-refractivity contribution in [3.05, 3.63) is 0 Å². The lowest BCUT2D eigenvalue weighted by atomic mass is 9.78. The molecule has 0 aromatic rings. The highest BCUT2D eigenvalue weighted by Crippen LogP contribution is 2.32. The number of hydrogen-bond acceptors (Lipinski definition) is 6. The largest absolute Gasteiger partial charge is 0.394 e. The zero-order valence-electron chi connectivity index (χ0n) is 16.0. The van der Waals surface area contributed by atoms with E-state index in [0.29, 0.717) is 25.7 Å². The van der Waals surface area contributed by atoms with Crippen molar-refractivity contribution in [2.24, 2.45) is 10.8 Å². The van der Waals surface area contributed by atoms with Crippen molar-refractivity contribution in [3.8, 4) is 0 Å². The fourth-order valence-corrected chi connectivity index (χ4v) is 2.66. The first-order valence-electron chi connectivity index (χ1n) is 8.46. The lowest BCUT2D eigenvalue weighted by Crippen LogP contribution is -2.43. The van der Waals surface area contributed by atoms with E-state index in [1.165, 1.54) is 0 Å². The van der Waals surface area contributed by atoms with Crippen molar-refractivity contribution < 1.29 is 36.7 Å². The molecule has 0 spiro atoms. The first kappa shape index (κ1) is 25.1. The Morgan fingerprint density at radius 1 is 0.741 bits per heavy atom. The fraction of sp³-hybridized carbons (Fsp3) is 0.750. The monoisotopic (exact) mass is 408 g/mol. The minimum atomic E-state index is -4.67. The Morgan fingerprint density at radius 3 is 1.07 bits per heavy atom. The van der Waals surface area contributed by atoms with Gasteiger partial charge in [-0.2, -0.15) is 8.42 Å². The normalized spacial score (nSPS) is 21.0. The van der Waals surface area contributed by atoms with Gasteiger partial charge in [0.05, 0.1) is 0 Å². The molecular weight excluding hydrogens is 380 g/mol. The number of nitrogens with one attached hydrogen (secondary N) is 2. The number of carbonyl (C=O) groups is 4. The van der Waals surface area contributed by atoms with Crippen LogP contribution in [0.1, 0.15) is 66.2 Å². The van der Waals surface area contributed by atoms with Crippen molar-refractivity contribution in [2.75, 3.05) is 0 Å². The maximum Gasteiger partial charge on any atom is 0.394 e. The number of piperidine rings is 2. The lowest BCUT2D eigenvalue weighted by Gasteiger charge is -2.30. The minimum absolute atomic E-state index is 0.0978. The van der Waals surface area contributed by atoms with Gasteiger partial charge in [-0.1, -0.05) is 27.7 Å². The van der Waals surface area contributed by atoms with Crippen molar-refractivity contribution >= 4 is 34.0 Å². The molecule has 156 valence electrons. The summed E-state index contributed by atoms with van der Waals surface area (Å²) in [4.78, 5) is 43.7. The summed E-state index contributed by atoms with van der Waals surface area (Å²) < 4.78 is 31.6. The van der Waals surface area contributed by atoms with E-state index in [1.54, 1.807) is 0 Å². The number of hydrogen-bond donors (Lipinski definition) is 4. The van der Waals surface area contributed by atoms with E-state index in [4.69, 9.17) is 17.5 Å². The van der Waals surface area contributed by atoms with Gasteiger partial charge < -0.3 is 0 Å². The molecule has 0 saturated carbocycles. The van der Waals surface area contributed by atoms with E-state index in [-0.39, 0.29) is 34.5 Å². The molecule has 0 bridgehead atoms. The number of amides is 4. The molecule has 10 nitrogen and oxygen atoms in total. The first-order chi connectivity index (χ1) is 12.1. The van der Waals surface area contributed by atoms with Crippen LogP contribution in [0.2, 0.25) is 0 Å². The van der Waals surface area contributed by atoms with Crippen LogP contribution in [0.4, 0.5) is 0 Å². The summed E-state index contributed by atoms with van der Waals surface area (Å²) in [6.07, 6.45) is 3.69. The zero-order chi connectivity index (χ0) is 21.5. The molecule has 27 heavy (non-hydrogen) atoms. The molecule has 4 N–H and O–H groups in total. The summed E-state index contributed by atoms with van der Waals surface area (Å²) in [6.45, 7) is 7.96. The van der Waals surface area contributed by atoms with Gasteiger partial charge in [0.25, 0.3) is 0 Å². The van der Waals surface area contributed by atoms with E-state index < -0.39 is 10.4 Å². The van der Waals surface area contributed by atoms with Gasteiger partial charge in [0, 0.05) is 25.7 Å². The zero-order valence-corrected chi connectivity index (χ0v) is 16.8. The molecule has 0 atom stereocenters. The minimum Gasteiger partial charge on any atom is -0.296 e. The van der Waals surface area contributed by atoms with Gasteiger partial charge in [0.1, 0.15) is 0 Å². The van der Waals surface area contributed by atoms with Crippen LogP contribution in [0, 0.1) is 10.8 Å². The van der Waals surface area contributed by atoms with Crippen LogP contribution in [0.3, 0.4) is 0 Å². The maximum absolute atomic E-state index is 10.9. The standard InChI is InChI=1S/2C8H13NO2.H2O4S/c2*1-3-8(2)4-6(10)9-7(11)5-8;1-5(2,3)4/h2*3-5H2,1-2H3,(H,9,10,11);(H2,1,2,3,4). The van der Waals surface area contributed by atoms with Crippen LogP contribution in [0.15, 0.2) is 0 Å². The molecule has 0 unspecified atom stereocenters. The molecule has 2 fully saturated rings. The average Bonchev–Trinajstić information content (AvgIpc) is 2.43. The second-order valence-electron chi connectivity index (χ2n) is 7.43. The van der Waals surface area contributed by atoms with Crippen molar-refractivity contribution in [1.82, 2.24) is 10.6 Å². The summed E-state index contributed by atoms with van der Waals surface area (Å²) >= 11 is 0. The van der Waals surface area contributed by atoms with Crippen LogP contribution < -0.4 is 10.6 Å². The molecule has 11 heteroatoms. The van der Waals surface area contributed by atoms with E-state index in [1.807, 2.05) is 27.7 Å². The molecule has 0 aromatic carbocycles. The quantitative estimate of drug-likeness (QED) is 0.388. The Hall–Kier alpha value is -1.85. The third kappa shape index (κ3) is 11.5. The predicted octanol–water partition coefficient (Wildman–Crippen LogP) is 1.03. The van der Waals surface area contributed by atoms with Crippen molar-refractivity contribution in [2.45, 2.75) is 66.2 Å². The van der Waals surface area contributed by atoms with Crippen LogP contribution in [-0.2, 0) is 29.6 Å². The molecule has 2 aliphatic heterocycles. The van der Waals surface area contributed by atoms with Crippen LogP contribution >= 0.6 is 0 Å². The van der Waals surface area contributed by atoms with Gasteiger partial charge in [-0.15, -0.1) is 0 Å². The summed E-state index contributed by atoms with van der Waals surface area (Å²) in [5.74, 6) is -0.535. The lowest BCUT2D eigenvalue weighted by molar-refractivity contribution is -0.139. The van der Waals surface area contributed by atoms with Crippen LogP contribution in [0.25, 0.3) is 0 Å². The van der Waals surface area contributed by atoms with Gasteiger partial charge in [-0.3, -0.25) is 38.9 Å². The maximum atomic E-state index is 10.9. The molecule has 0 aromatic heterocycles. The summed E-state index contributed by atoms with van der Waals surface area (Å²) in [6, 6.07) is 0. The Balaban J connectivity index is 0.000000405. The predicted molar refractivity (Wildman–Crippen MR) is 95.7 cm³/mol. The Bertz CT molecular complexity index is 603. The molecule has 2 saturated heterocycles. The van der Waals surface area contributed by atoms with E-state index in [0.717, 1.165) is 12.8 Å². The van der Waals surface area contributed by atoms with Crippen molar-refractivity contribution in [3.63, 3.8) is 0 Å². The number of imide groups is 2. The molecule has 2 heterocycles. The van der Waals surface area contributed by atoms with Crippen LogP contribution in [-0.4, -0.2) is 41.2 Å². The smallest absolute Gasteiger partial charge is 0.296 e. The Morgan fingerprint density at radius 2 is 0.926 bits per heavy atom. The molecule has 0 aliphatic carbocycles. The molecular formula is C16H28N2O8S. The highest BCUT2D eigenvalue weighted by Gasteiger charge is 2.34. The van der Waals surface area contributed by atoms with Gasteiger partial charge >= 0.3 is 10.4 Å². The fourth-order valence-electron chi connectivity index (χ4n) is 2.66. The van der Waals surface area contributed by atoms with Gasteiger partial charge in [-0.25, -0.2) is 0 Å². The van der Waals surface area contributed by atoms with Gasteiger partial charge in [0.2, 0.25) is 23.6 Å². The second-order valence-corrected chi connectivity index (χ2v) is 8.32. The summed E-state index contributed by atoms with van der Waals surface area (Å²) in [5.41, 5.74) is -0.196. The van der Waals surface area contributed by atoms with E-state index >= 15 is 0 Å². The Labute approximate surface area is 159 Å². The number of rotatable bonds is 2. The number of carbonyl (C=O) groups excluding carboxylic acids is 4. The third-order valence-corrected chi connectivity index (χ3v) is 4.61. The first-order valence-corrected chi connectivity index (χ1v) is 9.86. The summed E-state index contributed by atoms with van der Waals surface area (Å²) in [7, 11) is -4.67. The average molecular weight is 408 g/mol. The Kier molecular flexibility index (Phi) is 9.23. The van der Waals surface area contributed by atoms with E-state index in [9.17, 15) is 19.2 Å². The van der Waals surface area contributed by atoms with Gasteiger partial charge in [-0.05, 0) is 23.7 Å². The third-order valence-electron chi connectivity index (χ3n) is 4.61. The van der Waals surface area contributed by atoms with E-state index in [2.05, 4.69) is 10.6 Å². The van der Waals surface area contributed by atoms with Gasteiger partial charge in [0.15, 0.2) is 0 Å². The van der Waals surface area contributed by atoms with Crippen LogP contribution in [0.5, 0.6) is 0 Å². The molecule has 4 amide bonds. The second kappa shape index (κ2) is 9.90. The highest BCUT2D eigenvalue weighted by atomic mass is 32.3. The highest BCUT2D eigenvalue weighted by molar-refractivity contribution is 7.79. The summed E-state index contributed by atoms with van der Waals surface area (Å²) in [5, 5.41) is 4.58. The topological polar surface area (TPSA) is 167 Å². The SMILES string of the molecule is CCC1(C)CC(=O)NC(=O)C1.CCC1(C)CC(=O)NC(=O)C1.O=S(=O)(O)O. The molecule has 0 radical (unpaired) electrons. The van der Waals surface area contributed by atoms with Crippen molar-refractivity contribution in [1.29, 1.82) is 0 Å². The molecule has 2 rings (SSSR count).